The Balaban J connectivity index is 1.39. The van der Waals surface area contributed by atoms with E-state index in [0.29, 0.717) is 18.4 Å². The second kappa shape index (κ2) is 6.11. The van der Waals surface area contributed by atoms with Crippen molar-refractivity contribution in [1.29, 1.82) is 0 Å². The molecule has 7 nitrogen and oxygen atoms in total. The zero-order valence-corrected chi connectivity index (χ0v) is 14.5. The van der Waals surface area contributed by atoms with E-state index in [1.165, 1.54) is 0 Å². The van der Waals surface area contributed by atoms with E-state index in [0.717, 1.165) is 70.1 Å². The van der Waals surface area contributed by atoms with Gasteiger partial charge in [0.15, 0.2) is 0 Å². The van der Waals surface area contributed by atoms with Crippen molar-refractivity contribution in [3.05, 3.63) is 11.6 Å². The topological polar surface area (TPSA) is 89.1 Å². The molecule has 3 heterocycles. The normalized spacial score (nSPS) is 29.7. The lowest BCUT2D eigenvalue weighted by atomic mass is 9.77. The van der Waals surface area contributed by atoms with Crippen molar-refractivity contribution < 1.29 is 4.79 Å². The molecule has 132 valence electrons. The Labute approximate surface area is 143 Å². The standard InChI is InChI=1S/C17H28N6O/c1-2-23-14(20-21-16(23)12-7-13(18)8-12)10-22-5-3-17(4-6-22)9-15(24)19-11-17/h12-13H,2-11,18H2,1H3,(H,19,24). The van der Waals surface area contributed by atoms with Gasteiger partial charge in [0.1, 0.15) is 11.6 Å². The minimum absolute atomic E-state index is 0.208. The van der Waals surface area contributed by atoms with Crippen LogP contribution in [-0.2, 0) is 17.9 Å². The molecule has 0 aromatic carbocycles. The van der Waals surface area contributed by atoms with Crippen LogP contribution in [0.5, 0.6) is 0 Å². The quantitative estimate of drug-likeness (QED) is 0.843. The summed E-state index contributed by atoms with van der Waals surface area (Å²) in [6.45, 7) is 6.87. The molecule has 1 amide bonds. The zero-order chi connectivity index (χ0) is 16.7. The Bertz CT molecular complexity index is 613. The second-order valence-corrected chi connectivity index (χ2v) is 7.88. The molecule has 3 fully saturated rings. The summed E-state index contributed by atoms with van der Waals surface area (Å²) in [6, 6.07) is 0.335. The lowest BCUT2D eigenvalue weighted by Crippen LogP contribution is -2.41. The van der Waals surface area contributed by atoms with Crippen molar-refractivity contribution in [2.45, 2.75) is 64.1 Å². The third-order valence-electron chi connectivity index (χ3n) is 6.19. The first-order chi connectivity index (χ1) is 11.6. The molecule has 1 aromatic heterocycles. The van der Waals surface area contributed by atoms with Crippen molar-refractivity contribution in [1.82, 2.24) is 25.0 Å². The number of hydrogen-bond donors (Lipinski definition) is 2. The van der Waals surface area contributed by atoms with Gasteiger partial charge in [-0.3, -0.25) is 9.69 Å². The lowest BCUT2D eigenvalue weighted by Gasteiger charge is -2.38. The number of rotatable bonds is 4. The highest BCUT2D eigenvalue weighted by Crippen LogP contribution is 2.38. The molecule has 4 rings (SSSR count). The smallest absolute Gasteiger partial charge is 0.220 e. The van der Waals surface area contributed by atoms with E-state index < -0.39 is 0 Å². The Hall–Kier alpha value is -1.47. The van der Waals surface area contributed by atoms with E-state index in [9.17, 15) is 4.79 Å². The molecule has 24 heavy (non-hydrogen) atoms. The number of carbonyl (C=O) groups excluding carboxylic acids is 1. The van der Waals surface area contributed by atoms with Crippen molar-refractivity contribution in [2.75, 3.05) is 19.6 Å². The first-order valence-corrected chi connectivity index (χ1v) is 9.25. The summed E-state index contributed by atoms with van der Waals surface area (Å²) in [5.74, 6) is 2.90. The summed E-state index contributed by atoms with van der Waals surface area (Å²) in [5.41, 5.74) is 6.13. The van der Waals surface area contributed by atoms with Gasteiger partial charge < -0.3 is 15.6 Å². The molecule has 1 aliphatic carbocycles. The summed E-state index contributed by atoms with van der Waals surface area (Å²) in [5, 5.41) is 11.9. The van der Waals surface area contributed by atoms with Crippen molar-refractivity contribution >= 4 is 5.91 Å². The maximum absolute atomic E-state index is 11.5. The van der Waals surface area contributed by atoms with E-state index in [2.05, 4.69) is 31.9 Å². The van der Waals surface area contributed by atoms with Crippen LogP contribution >= 0.6 is 0 Å². The van der Waals surface area contributed by atoms with Crippen molar-refractivity contribution in [2.24, 2.45) is 11.1 Å². The number of nitrogens with one attached hydrogen (secondary N) is 1. The molecule has 0 radical (unpaired) electrons. The number of nitrogens with two attached hydrogens (primary N) is 1. The molecule has 1 aromatic rings. The summed E-state index contributed by atoms with van der Waals surface area (Å²) >= 11 is 0. The molecule has 3 aliphatic rings. The number of aromatic nitrogens is 3. The molecule has 0 atom stereocenters. The van der Waals surface area contributed by atoms with E-state index in [-0.39, 0.29) is 11.3 Å². The largest absolute Gasteiger partial charge is 0.356 e. The van der Waals surface area contributed by atoms with E-state index in [4.69, 9.17) is 5.73 Å². The fourth-order valence-corrected chi connectivity index (χ4v) is 4.48. The average molecular weight is 332 g/mol. The molecule has 0 bridgehead atoms. The third kappa shape index (κ3) is 2.84. The lowest BCUT2D eigenvalue weighted by molar-refractivity contribution is -0.119. The molecular weight excluding hydrogens is 304 g/mol. The number of piperidine rings is 1. The van der Waals surface area contributed by atoms with Crippen LogP contribution in [0.2, 0.25) is 0 Å². The highest BCUT2D eigenvalue weighted by molar-refractivity contribution is 5.79. The van der Waals surface area contributed by atoms with Gasteiger partial charge in [-0.1, -0.05) is 0 Å². The number of nitrogens with zero attached hydrogens (tertiary/aromatic N) is 4. The third-order valence-corrected chi connectivity index (χ3v) is 6.19. The van der Waals surface area contributed by atoms with Gasteiger partial charge in [0, 0.05) is 31.5 Å². The van der Waals surface area contributed by atoms with Gasteiger partial charge in [0.05, 0.1) is 6.54 Å². The SMILES string of the molecule is CCn1c(CN2CCC3(CC2)CNC(=O)C3)nnc1C1CC(N)C1. The summed E-state index contributed by atoms with van der Waals surface area (Å²) in [7, 11) is 0. The van der Waals surface area contributed by atoms with Crippen LogP contribution in [0.4, 0.5) is 0 Å². The minimum Gasteiger partial charge on any atom is -0.356 e. The Morgan fingerprint density at radius 2 is 2.04 bits per heavy atom. The molecule has 7 heteroatoms. The first kappa shape index (κ1) is 16.0. The Morgan fingerprint density at radius 3 is 2.62 bits per heavy atom. The van der Waals surface area contributed by atoms with Crippen LogP contribution in [0.3, 0.4) is 0 Å². The first-order valence-electron chi connectivity index (χ1n) is 9.25. The van der Waals surface area contributed by atoms with Crippen LogP contribution in [0, 0.1) is 5.41 Å². The molecule has 1 spiro atoms. The number of hydrogen-bond acceptors (Lipinski definition) is 5. The van der Waals surface area contributed by atoms with Gasteiger partial charge >= 0.3 is 0 Å². The van der Waals surface area contributed by atoms with Gasteiger partial charge in [0.2, 0.25) is 5.91 Å². The van der Waals surface area contributed by atoms with Crippen LogP contribution in [0.25, 0.3) is 0 Å². The van der Waals surface area contributed by atoms with E-state index in [1.54, 1.807) is 0 Å². The van der Waals surface area contributed by atoms with Crippen molar-refractivity contribution in [3.63, 3.8) is 0 Å². The van der Waals surface area contributed by atoms with Crippen LogP contribution in [0.15, 0.2) is 0 Å². The maximum atomic E-state index is 11.5. The highest BCUT2D eigenvalue weighted by atomic mass is 16.1. The maximum Gasteiger partial charge on any atom is 0.220 e. The molecule has 0 unspecified atom stereocenters. The fraction of sp³-hybridized carbons (Fsp3) is 0.824. The van der Waals surface area contributed by atoms with E-state index >= 15 is 0 Å². The fourth-order valence-electron chi connectivity index (χ4n) is 4.48. The molecule has 1 saturated carbocycles. The minimum atomic E-state index is 0.208. The van der Waals surface area contributed by atoms with Gasteiger partial charge in [-0.05, 0) is 51.1 Å². The van der Waals surface area contributed by atoms with Gasteiger partial charge in [-0.25, -0.2) is 0 Å². The molecule has 3 N–H and O–H groups in total. The summed E-state index contributed by atoms with van der Waals surface area (Å²) in [6.07, 6.45) is 4.96. The van der Waals surface area contributed by atoms with Gasteiger partial charge in [-0.15, -0.1) is 10.2 Å². The molecule has 2 aliphatic heterocycles. The van der Waals surface area contributed by atoms with E-state index in [1.807, 2.05) is 0 Å². The van der Waals surface area contributed by atoms with Crippen LogP contribution in [-0.4, -0.2) is 51.2 Å². The van der Waals surface area contributed by atoms with Crippen LogP contribution in [0.1, 0.15) is 56.6 Å². The second-order valence-electron chi connectivity index (χ2n) is 7.88. The molecular formula is C17H28N6O. The average Bonchev–Trinajstić information content (AvgIpc) is 3.10. The Kier molecular flexibility index (Phi) is 4.08. The number of carbonyl (C=O) groups is 1. The van der Waals surface area contributed by atoms with Crippen molar-refractivity contribution in [3.8, 4) is 0 Å². The highest BCUT2D eigenvalue weighted by Gasteiger charge is 2.41. The summed E-state index contributed by atoms with van der Waals surface area (Å²) < 4.78 is 2.28. The number of amides is 1. The van der Waals surface area contributed by atoms with Gasteiger partial charge in [-0.2, -0.15) is 0 Å². The predicted molar refractivity (Wildman–Crippen MR) is 90.2 cm³/mol. The van der Waals surface area contributed by atoms with Crippen LogP contribution < -0.4 is 11.1 Å². The summed E-state index contributed by atoms with van der Waals surface area (Å²) in [4.78, 5) is 14.0. The predicted octanol–water partition coefficient (Wildman–Crippen LogP) is 0.605. The molecule has 2 saturated heterocycles. The zero-order valence-electron chi connectivity index (χ0n) is 14.5. The number of likely N-dealkylation sites (tertiary alicyclic amines) is 1. The monoisotopic (exact) mass is 332 g/mol. The Morgan fingerprint density at radius 1 is 1.29 bits per heavy atom. The van der Waals surface area contributed by atoms with Gasteiger partial charge in [0.25, 0.3) is 0 Å².